The third kappa shape index (κ3) is 3.93. The summed E-state index contributed by atoms with van der Waals surface area (Å²) in [6.07, 6.45) is -6.12. The lowest BCUT2D eigenvalue weighted by atomic mass is 9.90. The van der Waals surface area contributed by atoms with Crippen LogP contribution in [-0.4, -0.2) is 35.4 Å². The number of nitrogens with zero attached hydrogens (tertiary/aromatic N) is 1. The van der Waals surface area contributed by atoms with Gasteiger partial charge >= 0.3 is 6.18 Å². The lowest BCUT2D eigenvalue weighted by molar-refractivity contribution is -0.223. The predicted molar refractivity (Wildman–Crippen MR) is 66.5 cm³/mol. The van der Waals surface area contributed by atoms with Crippen molar-refractivity contribution >= 4 is 0 Å². The van der Waals surface area contributed by atoms with Crippen LogP contribution in [0.4, 0.5) is 17.6 Å². The van der Waals surface area contributed by atoms with E-state index in [1.807, 2.05) is 4.90 Å². The molecule has 0 radical (unpaired) electrons. The zero-order chi connectivity index (χ0) is 14.8. The van der Waals surface area contributed by atoms with Crippen molar-refractivity contribution in [1.29, 1.82) is 0 Å². The van der Waals surface area contributed by atoms with E-state index in [2.05, 4.69) is 0 Å². The molecule has 112 valence electrons. The summed E-state index contributed by atoms with van der Waals surface area (Å²) in [6, 6.07) is 6.09. The van der Waals surface area contributed by atoms with E-state index >= 15 is 0 Å². The van der Waals surface area contributed by atoms with Crippen LogP contribution < -0.4 is 0 Å². The number of aliphatic hydroxyl groups is 1. The summed E-state index contributed by atoms with van der Waals surface area (Å²) >= 11 is 0. The third-order valence-corrected chi connectivity index (χ3v) is 3.73. The van der Waals surface area contributed by atoms with Crippen LogP contribution in [0.15, 0.2) is 24.3 Å². The van der Waals surface area contributed by atoms with E-state index in [0.29, 0.717) is 32.5 Å². The van der Waals surface area contributed by atoms with Crippen LogP contribution in [0.3, 0.4) is 0 Å². The van der Waals surface area contributed by atoms with Crippen molar-refractivity contribution in [2.45, 2.75) is 31.7 Å². The minimum Gasteiger partial charge on any atom is -0.383 e. The SMILES string of the molecule is OC(C1CCN(Cc2ccc(F)cc2)CC1)C(F)(F)F. The lowest BCUT2D eigenvalue weighted by Crippen LogP contribution is -2.43. The van der Waals surface area contributed by atoms with Crippen molar-refractivity contribution in [2.75, 3.05) is 13.1 Å². The molecule has 0 bridgehead atoms. The molecule has 1 fully saturated rings. The molecule has 1 heterocycles. The number of likely N-dealkylation sites (tertiary alicyclic amines) is 1. The Morgan fingerprint density at radius 3 is 2.20 bits per heavy atom. The van der Waals surface area contributed by atoms with E-state index in [-0.39, 0.29) is 5.82 Å². The Balaban J connectivity index is 1.84. The number of aliphatic hydroxyl groups excluding tert-OH is 1. The van der Waals surface area contributed by atoms with Crippen LogP contribution in [0.5, 0.6) is 0 Å². The van der Waals surface area contributed by atoms with Gasteiger partial charge in [-0.1, -0.05) is 12.1 Å². The number of alkyl halides is 3. The highest BCUT2D eigenvalue weighted by Crippen LogP contribution is 2.31. The first-order valence-corrected chi connectivity index (χ1v) is 6.58. The number of halogens is 4. The summed E-state index contributed by atoms with van der Waals surface area (Å²) in [7, 11) is 0. The van der Waals surface area contributed by atoms with Gasteiger partial charge in [-0.2, -0.15) is 13.2 Å². The minimum absolute atomic E-state index is 0.305. The summed E-state index contributed by atoms with van der Waals surface area (Å²) in [6.45, 7) is 1.61. The highest BCUT2D eigenvalue weighted by molar-refractivity contribution is 5.15. The maximum atomic E-state index is 12.8. The Kier molecular flexibility index (Phi) is 4.65. The fourth-order valence-electron chi connectivity index (χ4n) is 2.54. The second-order valence-electron chi connectivity index (χ2n) is 5.23. The van der Waals surface area contributed by atoms with Crippen molar-refractivity contribution in [3.8, 4) is 0 Å². The average molecular weight is 291 g/mol. The molecule has 1 aliphatic rings. The van der Waals surface area contributed by atoms with Gasteiger partial charge in [-0.05, 0) is 49.5 Å². The van der Waals surface area contributed by atoms with Gasteiger partial charge in [-0.15, -0.1) is 0 Å². The van der Waals surface area contributed by atoms with Crippen molar-refractivity contribution in [3.63, 3.8) is 0 Å². The zero-order valence-electron chi connectivity index (χ0n) is 10.9. The number of piperidine rings is 1. The van der Waals surface area contributed by atoms with Crippen molar-refractivity contribution < 1.29 is 22.7 Å². The van der Waals surface area contributed by atoms with E-state index in [1.165, 1.54) is 12.1 Å². The summed E-state index contributed by atoms with van der Waals surface area (Å²) < 4.78 is 50.0. The number of hydrogen-bond acceptors (Lipinski definition) is 2. The maximum Gasteiger partial charge on any atom is 0.414 e. The Hall–Kier alpha value is -1.14. The summed E-state index contributed by atoms with van der Waals surface area (Å²) in [5.74, 6) is -1.03. The zero-order valence-corrected chi connectivity index (χ0v) is 10.9. The van der Waals surface area contributed by atoms with Gasteiger partial charge in [0.25, 0.3) is 0 Å². The maximum absolute atomic E-state index is 12.8. The molecule has 1 N–H and O–H groups in total. The third-order valence-electron chi connectivity index (χ3n) is 3.73. The molecule has 1 atom stereocenters. The van der Waals surface area contributed by atoms with Crippen LogP contribution in [0.25, 0.3) is 0 Å². The van der Waals surface area contributed by atoms with Gasteiger partial charge in [0.15, 0.2) is 6.10 Å². The molecule has 1 aromatic carbocycles. The molecule has 1 aromatic rings. The van der Waals surface area contributed by atoms with E-state index in [1.54, 1.807) is 12.1 Å². The highest BCUT2D eigenvalue weighted by atomic mass is 19.4. The van der Waals surface area contributed by atoms with Gasteiger partial charge in [0.2, 0.25) is 0 Å². The Labute approximate surface area is 115 Å². The van der Waals surface area contributed by atoms with Gasteiger partial charge in [0.05, 0.1) is 0 Å². The molecule has 1 saturated heterocycles. The number of hydrogen-bond donors (Lipinski definition) is 1. The second kappa shape index (κ2) is 6.10. The average Bonchev–Trinajstić information content (AvgIpc) is 2.40. The smallest absolute Gasteiger partial charge is 0.383 e. The van der Waals surface area contributed by atoms with Crippen LogP contribution in [0.2, 0.25) is 0 Å². The van der Waals surface area contributed by atoms with Crippen LogP contribution in [0, 0.1) is 11.7 Å². The summed E-state index contributed by atoms with van der Waals surface area (Å²) in [4.78, 5) is 2.02. The first-order valence-electron chi connectivity index (χ1n) is 6.58. The molecule has 2 nitrogen and oxygen atoms in total. The van der Waals surface area contributed by atoms with E-state index in [0.717, 1.165) is 5.56 Å². The van der Waals surface area contributed by atoms with Crippen LogP contribution >= 0.6 is 0 Å². The van der Waals surface area contributed by atoms with E-state index in [9.17, 15) is 22.7 Å². The molecule has 1 unspecified atom stereocenters. The fraction of sp³-hybridized carbons (Fsp3) is 0.571. The minimum atomic E-state index is -4.54. The van der Waals surface area contributed by atoms with Gasteiger partial charge in [-0.3, -0.25) is 4.90 Å². The quantitative estimate of drug-likeness (QED) is 0.866. The molecule has 6 heteroatoms. The molecule has 0 amide bonds. The molecule has 0 spiro atoms. The molecule has 0 aromatic heterocycles. The standard InChI is InChI=1S/C14H17F4NO/c15-12-3-1-10(2-4-12)9-19-7-5-11(6-8-19)13(20)14(16,17)18/h1-4,11,13,20H,5-9H2. The van der Waals surface area contributed by atoms with Crippen LogP contribution in [0.1, 0.15) is 18.4 Å². The normalized spacial score (nSPS) is 20.1. The Morgan fingerprint density at radius 1 is 1.15 bits per heavy atom. The summed E-state index contributed by atoms with van der Waals surface area (Å²) in [5, 5.41) is 9.23. The molecule has 2 rings (SSSR count). The van der Waals surface area contributed by atoms with E-state index in [4.69, 9.17) is 0 Å². The molecule has 0 saturated carbocycles. The number of benzene rings is 1. The van der Waals surface area contributed by atoms with E-state index < -0.39 is 18.2 Å². The van der Waals surface area contributed by atoms with Gasteiger partial charge in [-0.25, -0.2) is 4.39 Å². The van der Waals surface area contributed by atoms with Crippen molar-refractivity contribution in [3.05, 3.63) is 35.6 Å². The number of rotatable bonds is 3. The largest absolute Gasteiger partial charge is 0.414 e. The second-order valence-corrected chi connectivity index (χ2v) is 5.23. The van der Waals surface area contributed by atoms with Crippen LogP contribution in [-0.2, 0) is 6.54 Å². The van der Waals surface area contributed by atoms with Gasteiger partial charge < -0.3 is 5.11 Å². The first kappa shape index (κ1) is 15.3. The Bertz CT molecular complexity index is 424. The fourth-order valence-corrected chi connectivity index (χ4v) is 2.54. The highest BCUT2D eigenvalue weighted by Gasteiger charge is 2.44. The first-order chi connectivity index (χ1) is 9.36. The van der Waals surface area contributed by atoms with Gasteiger partial charge in [0, 0.05) is 6.54 Å². The van der Waals surface area contributed by atoms with Gasteiger partial charge in [0.1, 0.15) is 5.82 Å². The van der Waals surface area contributed by atoms with Crippen molar-refractivity contribution in [2.24, 2.45) is 5.92 Å². The monoisotopic (exact) mass is 291 g/mol. The lowest BCUT2D eigenvalue weighted by Gasteiger charge is -2.34. The molecule has 20 heavy (non-hydrogen) atoms. The molecular weight excluding hydrogens is 274 g/mol. The molecular formula is C14H17F4NO. The molecule has 1 aliphatic heterocycles. The predicted octanol–water partition coefficient (Wildman–Crippen LogP) is 2.96. The summed E-state index contributed by atoms with van der Waals surface area (Å²) in [5.41, 5.74) is 0.932. The van der Waals surface area contributed by atoms with Crippen molar-refractivity contribution in [1.82, 2.24) is 4.90 Å². The molecule has 0 aliphatic carbocycles. The Morgan fingerprint density at radius 2 is 1.70 bits per heavy atom. The topological polar surface area (TPSA) is 23.5 Å².